The van der Waals surface area contributed by atoms with Gasteiger partial charge in [0.1, 0.15) is 12.4 Å². The molecule has 86 valence electrons. The minimum absolute atomic E-state index is 0.0281. The van der Waals surface area contributed by atoms with Crippen molar-refractivity contribution in [2.24, 2.45) is 0 Å². The number of Topliss-reactive ketones (excluding diaryl/α,β-unsaturated/α-hetero) is 1. The highest BCUT2D eigenvalue weighted by atomic mass is 17.1. The fourth-order valence-electron chi connectivity index (χ4n) is 1.13. The van der Waals surface area contributed by atoms with Crippen LogP contribution in [0.5, 0.6) is 0 Å². The van der Waals surface area contributed by atoms with E-state index < -0.39 is 0 Å². The Labute approximate surface area is 93.0 Å². The van der Waals surface area contributed by atoms with Gasteiger partial charge in [-0.2, -0.15) is 0 Å². The maximum Gasteiger partial charge on any atom is 0.251 e. The zero-order valence-corrected chi connectivity index (χ0v) is 8.90. The van der Waals surface area contributed by atoms with E-state index in [-0.39, 0.29) is 24.8 Å². The second kappa shape index (κ2) is 5.99. The number of amides is 1. The molecule has 0 aromatic heterocycles. The van der Waals surface area contributed by atoms with Crippen LogP contribution in [-0.2, 0) is 16.3 Å². The van der Waals surface area contributed by atoms with Crippen LogP contribution in [0.1, 0.15) is 22.8 Å². The van der Waals surface area contributed by atoms with Gasteiger partial charge in [0.2, 0.25) is 0 Å². The van der Waals surface area contributed by atoms with Crippen molar-refractivity contribution in [3.8, 4) is 0 Å². The van der Waals surface area contributed by atoms with Crippen molar-refractivity contribution < 1.29 is 19.7 Å². The summed E-state index contributed by atoms with van der Waals surface area (Å²) in [5, 5.41) is 10.7. The molecule has 0 unspecified atom stereocenters. The van der Waals surface area contributed by atoms with Crippen LogP contribution in [0.2, 0.25) is 0 Å². The van der Waals surface area contributed by atoms with Crippen molar-refractivity contribution in [3.63, 3.8) is 0 Å². The molecule has 0 saturated heterocycles. The Kier molecular flexibility index (Phi) is 4.63. The molecule has 16 heavy (non-hydrogen) atoms. The van der Waals surface area contributed by atoms with Gasteiger partial charge in [-0.15, -0.1) is 0 Å². The standard InChI is InChI=1S/C11H13NO4/c1-8(13)6-12-11(14)10-4-2-9(3-5-10)7-16-15/h2-5,15H,6-7H2,1H3,(H,12,14). The van der Waals surface area contributed by atoms with E-state index in [0.29, 0.717) is 5.56 Å². The zero-order valence-electron chi connectivity index (χ0n) is 8.90. The van der Waals surface area contributed by atoms with Gasteiger partial charge in [-0.05, 0) is 24.6 Å². The summed E-state index contributed by atoms with van der Waals surface area (Å²) in [4.78, 5) is 26.1. The molecule has 1 rings (SSSR count). The number of carbonyl (C=O) groups excluding carboxylic acids is 2. The van der Waals surface area contributed by atoms with Crippen molar-refractivity contribution in [2.45, 2.75) is 13.5 Å². The molecule has 0 aliphatic rings. The molecule has 0 heterocycles. The summed E-state index contributed by atoms with van der Waals surface area (Å²) >= 11 is 0. The zero-order chi connectivity index (χ0) is 12.0. The molecule has 2 N–H and O–H groups in total. The van der Waals surface area contributed by atoms with E-state index in [9.17, 15) is 9.59 Å². The van der Waals surface area contributed by atoms with E-state index in [2.05, 4.69) is 10.2 Å². The second-order valence-electron chi connectivity index (χ2n) is 3.36. The van der Waals surface area contributed by atoms with Crippen molar-refractivity contribution in [1.29, 1.82) is 0 Å². The summed E-state index contributed by atoms with van der Waals surface area (Å²) in [5.41, 5.74) is 1.22. The van der Waals surface area contributed by atoms with Gasteiger partial charge in [-0.3, -0.25) is 14.8 Å². The first-order valence-corrected chi connectivity index (χ1v) is 4.76. The number of benzene rings is 1. The Hall–Kier alpha value is -1.72. The fourth-order valence-corrected chi connectivity index (χ4v) is 1.13. The van der Waals surface area contributed by atoms with Gasteiger partial charge in [-0.25, -0.2) is 4.89 Å². The molecule has 0 bridgehead atoms. The molecule has 1 amide bonds. The number of carbonyl (C=O) groups is 2. The van der Waals surface area contributed by atoms with Gasteiger partial charge in [0.15, 0.2) is 0 Å². The normalized spacial score (nSPS) is 9.88. The highest BCUT2D eigenvalue weighted by Gasteiger charge is 2.05. The molecule has 0 atom stereocenters. The lowest BCUT2D eigenvalue weighted by atomic mass is 10.1. The van der Waals surface area contributed by atoms with E-state index in [4.69, 9.17) is 5.26 Å². The average Bonchev–Trinajstić information content (AvgIpc) is 2.27. The van der Waals surface area contributed by atoms with Gasteiger partial charge in [-0.1, -0.05) is 12.1 Å². The first-order chi connectivity index (χ1) is 7.63. The number of rotatable bonds is 5. The predicted octanol–water partition coefficient (Wildman–Crippen LogP) is 0.995. The summed E-state index contributed by atoms with van der Waals surface area (Å²) < 4.78 is 0. The van der Waals surface area contributed by atoms with Gasteiger partial charge in [0.05, 0.1) is 6.54 Å². The molecular formula is C11H13NO4. The number of nitrogens with one attached hydrogen (secondary N) is 1. The van der Waals surface area contributed by atoms with Crippen LogP contribution >= 0.6 is 0 Å². The topological polar surface area (TPSA) is 75.6 Å². The molecular weight excluding hydrogens is 210 g/mol. The van der Waals surface area contributed by atoms with Crippen molar-refractivity contribution in [1.82, 2.24) is 5.32 Å². The Bertz CT molecular complexity index is 372. The monoisotopic (exact) mass is 223 g/mol. The van der Waals surface area contributed by atoms with Crippen molar-refractivity contribution in [2.75, 3.05) is 6.54 Å². The van der Waals surface area contributed by atoms with E-state index in [0.717, 1.165) is 5.56 Å². The molecule has 5 nitrogen and oxygen atoms in total. The molecule has 0 fully saturated rings. The lowest BCUT2D eigenvalue weighted by molar-refractivity contribution is -0.253. The molecule has 5 heteroatoms. The van der Waals surface area contributed by atoms with Crippen LogP contribution in [0.4, 0.5) is 0 Å². The number of ketones is 1. The molecule has 0 radical (unpaired) electrons. The van der Waals surface area contributed by atoms with Crippen LogP contribution in [0.25, 0.3) is 0 Å². The summed E-state index contributed by atoms with van der Waals surface area (Å²) in [5.74, 6) is -0.398. The third-order valence-corrected chi connectivity index (χ3v) is 1.95. The SMILES string of the molecule is CC(=O)CNC(=O)c1ccc(COO)cc1. The minimum Gasteiger partial charge on any atom is -0.345 e. The van der Waals surface area contributed by atoms with Gasteiger partial charge in [0, 0.05) is 5.56 Å². The lowest BCUT2D eigenvalue weighted by Gasteiger charge is -2.03. The highest BCUT2D eigenvalue weighted by molar-refractivity contribution is 5.96. The van der Waals surface area contributed by atoms with Gasteiger partial charge >= 0.3 is 0 Å². The second-order valence-corrected chi connectivity index (χ2v) is 3.36. The minimum atomic E-state index is -0.299. The third kappa shape index (κ3) is 3.80. The summed E-state index contributed by atoms with van der Waals surface area (Å²) in [6, 6.07) is 6.53. The van der Waals surface area contributed by atoms with Crippen LogP contribution in [-0.4, -0.2) is 23.5 Å². The van der Waals surface area contributed by atoms with Crippen LogP contribution in [0.3, 0.4) is 0 Å². The average molecular weight is 223 g/mol. The van der Waals surface area contributed by atoms with Crippen molar-refractivity contribution >= 4 is 11.7 Å². The maximum absolute atomic E-state index is 11.5. The van der Waals surface area contributed by atoms with E-state index in [1.807, 2.05) is 0 Å². The van der Waals surface area contributed by atoms with E-state index in [1.165, 1.54) is 6.92 Å². The first-order valence-electron chi connectivity index (χ1n) is 4.76. The lowest BCUT2D eigenvalue weighted by Crippen LogP contribution is -2.28. The largest absolute Gasteiger partial charge is 0.345 e. The Morgan fingerprint density at radius 1 is 1.31 bits per heavy atom. The molecule has 0 aliphatic carbocycles. The Morgan fingerprint density at radius 2 is 1.94 bits per heavy atom. The molecule has 0 saturated carbocycles. The fraction of sp³-hybridized carbons (Fsp3) is 0.273. The van der Waals surface area contributed by atoms with Crippen molar-refractivity contribution in [3.05, 3.63) is 35.4 Å². The van der Waals surface area contributed by atoms with Crippen LogP contribution in [0, 0.1) is 0 Å². The van der Waals surface area contributed by atoms with Crippen LogP contribution in [0.15, 0.2) is 24.3 Å². The Morgan fingerprint density at radius 3 is 2.44 bits per heavy atom. The molecule has 0 spiro atoms. The number of hydrogen-bond acceptors (Lipinski definition) is 4. The summed E-state index contributed by atoms with van der Waals surface area (Å²) in [7, 11) is 0. The molecule has 0 aliphatic heterocycles. The summed E-state index contributed by atoms with van der Waals surface area (Å²) in [6.45, 7) is 1.51. The predicted molar refractivity (Wildman–Crippen MR) is 56.9 cm³/mol. The third-order valence-electron chi connectivity index (χ3n) is 1.95. The number of hydrogen-bond donors (Lipinski definition) is 2. The summed E-state index contributed by atoms with van der Waals surface area (Å²) in [6.07, 6.45) is 0. The molecule has 1 aromatic carbocycles. The molecule has 1 aromatic rings. The van der Waals surface area contributed by atoms with E-state index >= 15 is 0 Å². The Balaban J connectivity index is 2.59. The smallest absolute Gasteiger partial charge is 0.251 e. The van der Waals surface area contributed by atoms with Crippen LogP contribution < -0.4 is 5.32 Å². The van der Waals surface area contributed by atoms with Gasteiger partial charge < -0.3 is 5.32 Å². The maximum atomic E-state index is 11.5. The van der Waals surface area contributed by atoms with E-state index in [1.54, 1.807) is 24.3 Å². The first kappa shape index (κ1) is 12.4. The highest BCUT2D eigenvalue weighted by Crippen LogP contribution is 2.05. The van der Waals surface area contributed by atoms with Gasteiger partial charge in [0.25, 0.3) is 5.91 Å². The quantitative estimate of drug-likeness (QED) is 0.576.